The van der Waals surface area contributed by atoms with Crippen LogP contribution in [0.2, 0.25) is 0 Å². The highest BCUT2D eigenvalue weighted by Gasteiger charge is 2.07. The molecule has 2 N–H and O–H groups in total. The number of anilines is 3. The van der Waals surface area contributed by atoms with E-state index in [1.165, 1.54) is 6.20 Å². The summed E-state index contributed by atoms with van der Waals surface area (Å²) < 4.78 is 26.4. The molecule has 1 aromatic carbocycles. The minimum Gasteiger partial charge on any atom is -0.340 e. The molecule has 7 heteroatoms. The second kappa shape index (κ2) is 6.44. The second-order valence-corrected chi connectivity index (χ2v) is 7.39. The van der Waals surface area contributed by atoms with Gasteiger partial charge in [0.05, 0.1) is 17.6 Å². The van der Waals surface area contributed by atoms with Gasteiger partial charge in [-0.2, -0.15) is 0 Å². The monoisotopic (exact) mass is 369 g/mol. The minimum atomic E-state index is -3.27. The summed E-state index contributed by atoms with van der Waals surface area (Å²) in [6.45, 7) is 3.59. The van der Waals surface area contributed by atoms with Crippen LogP contribution in [0, 0.1) is 6.92 Å². The van der Waals surface area contributed by atoms with Gasteiger partial charge in [-0.25, -0.2) is 13.4 Å². The Morgan fingerprint density at radius 2 is 1.90 bits per heavy atom. The summed E-state index contributed by atoms with van der Waals surface area (Å²) in [7, 11) is -3.27. The van der Waals surface area contributed by atoms with E-state index in [1.54, 1.807) is 19.1 Å². The van der Waals surface area contributed by atoms with Crippen molar-refractivity contribution < 1.29 is 8.42 Å². The van der Waals surface area contributed by atoms with Gasteiger partial charge in [-0.15, -0.1) is 0 Å². The molecule has 0 fully saturated rings. The van der Waals surface area contributed by atoms with Crippen LogP contribution in [0.3, 0.4) is 0 Å². The van der Waals surface area contributed by atoms with E-state index in [2.05, 4.69) is 31.0 Å². The first-order valence-electron chi connectivity index (χ1n) is 6.39. The Morgan fingerprint density at radius 1 is 1.19 bits per heavy atom. The van der Waals surface area contributed by atoms with Crippen LogP contribution in [0.5, 0.6) is 0 Å². The van der Waals surface area contributed by atoms with E-state index >= 15 is 0 Å². The van der Waals surface area contributed by atoms with Gasteiger partial charge in [0, 0.05) is 10.2 Å². The zero-order chi connectivity index (χ0) is 15.5. The number of hydrogen-bond acceptors (Lipinski definition) is 4. The van der Waals surface area contributed by atoms with E-state index in [9.17, 15) is 8.42 Å². The Bertz CT molecular complexity index is 730. The Balaban J connectivity index is 2.10. The van der Waals surface area contributed by atoms with Gasteiger partial charge in [-0.05, 0) is 49.7 Å². The maximum absolute atomic E-state index is 11.5. The number of nitrogens with one attached hydrogen (secondary N) is 2. The third kappa shape index (κ3) is 4.44. The lowest BCUT2D eigenvalue weighted by atomic mass is 10.2. The summed E-state index contributed by atoms with van der Waals surface area (Å²) in [5, 5.41) is 3.17. The van der Waals surface area contributed by atoms with Crippen molar-refractivity contribution in [2.45, 2.75) is 13.8 Å². The average molecular weight is 370 g/mol. The Labute approximate surface area is 133 Å². The Morgan fingerprint density at radius 3 is 2.48 bits per heavy atom. The number of halogens is 1. The molecule has 1 aromatic heterocycles. The first kappa shape index (κ1) is 15.8. The summed E-state index contributed by atoms with van der Waals surface area (Å²) in [6, 6.07) is 9.30. The molecule has 0 saturated carbocycles. The van der Waals surface area contributed by atoms with Crippen LogP contribution in [0.4, 0.5) is 17.2 Å². The Hall–Kier alpha value is -1.60. The third-order valence-electron chi connectivity index (χ3n) is 2.85. The predicted molar refractivity (Wildman–Crippen MR) is 89.5 cm³/mol. The molecule has 0 bridgehead atoms. The first-order valence-corrected chi connectivity index (χ1v) is 8.84. The fraction of sp³-hybridized carbons (Fsp3) is 0.214. The largest absolute Gasteiger partial charge is 0.340 e. The van der Waals surface area contributed by atoms with E-state index in [0.29, 0.717) is 11.5 Å². The molecule has 0 aliphatic rings. The highest BCUT2D eigenvalue weighted by atomic mass is 79.9. The fourth-order valence-electron chi connectivity index (χ4n) is 1.65. The molecule has 0 atom stereocenters. The van der Waals surface area contributed by atoms with Crippen LogP contribution in [-0.4, -0.2) is 19.2 Å². The molecule has 0 amide bonds. The summed E-state index contributed by atoms with van der Waals surface area (Å²) >= 11 is 3.45. The molecule has 0 radical (unpaired) electrons. The van der Waals surface area contributed by atoms with Gasteiger partial charge in [0.1, 0.15) is 5.82 Å². The maximum atomic E-state index is 11.5. The number of rotatable bonds is 5. The third-order valence-corrected chi connectivity index (χ3v) is 5.04. The summed E-state index contributed by atoms with van der Waals surface area (Å²) in [5.74, 6) is 0.682. The highest BCUT2D eigenvalue weighted by molar-refractivity contribution is 9.10. The van der Waals surface area contributed by atoms with E-state index in [-0.39, 0.29) is 5.75 Å². The van der Waals surface area contributed by atoms with E-state index in [4.69, 9.17) is 0 Å². The lowest BCUT2D eigenvalue weighted by molar-refractivity contribution is 0.602. The fourth-order valence-corrected chi connectivity index (χ4v) is 2.52. The molecule has 112 valence electrons. The van der Waals surface area contributed by atoms with Crippen molar-refractivity contribution in [2.75, 3.05) is 15.8 Å². The van der Waals surface area contributed by atoms with Crippen LogP contribution >= 0.6 is 15.9 Å². The first-order chi connectivity index (χ1) is 9.89. The van der Waals surface area contributed by atoms with Gasteiger partial charge in [-0.1, -0.05) is 15.9 Å². The lowest BCUT2D eigenvalue weighted by Gasteiger charge is -2.09. The number of sulfonamides is 1. The normalized spacial score (nSPS) is 11.2. The zero-order valence-electron chi connectivity index (χ0n) is 11.7. The van der Waals surface area contributed by atoms with Crippen molar-refractivity contribution >= 4 is 43.1 Å². The number of nitrogens with zero attached hydrogens (tertiary/aromatic N) is 1. The van der Waals surface area contributed by atoms with Crippen molar-refractivity contribution in [1.29, 1.82) is 0 Å². The number of pyridine rings is 1. The number of benzene rings is 1. The van der Waals surface area contributed by atoms with Gasteiger partial charge in [0.15, 0.2) is 0 Å². The van der Waals surface area contributed by atoms with Gasteiger partial charge < -0.3 is 5.32 Å². The van der Waals surface area contributed by atoms with E-state index in [1.807, 2.05) is 25.1 Å². The number of aromatic nitrogens is 1. The molecular formula is C14H16BrN3O2S. The molecule has 0 saturated heterocycles. The second-order valence-electron chi connectivity index (χ2n) is 4.53. The van der Waals surface area contributed by atoms with E-state index in [0.717, 1.165) is 15.7 Å². The van der Waals surface area contributed by atoms with Crippen molar-refractivity contribution in [3.63, 3.8) is 0 Å². The molecule has 1 heterocycles. The van der Waals surface area contributed by atoms with Crippen molar-refractivity contribution in [3.8, 4) is 0 Å². The zero-order valence-corrected chi connectivity index (χ0v) is 14.1. The van der Waals surface area contributed by atoms with Crippen LogP contribution in [-0.2, 0) is 10.0 Å². The Kier molecular flexibility index (Phi) is 4.84. The highest BCUT2D eigenvalue weighted by Crippen LogP contribution is 2.22. The predicted octanol–water partition coefficient (Wildman–Crippen LogP) is 3.66. The summed E-state index contributed by atoms with van der Waals surface area (Å²) in [4.78, 5) is 4.19. The molecule has 0 unspecified atom stereocenters. The molecule has 2 aromatic rings. The molecule has 0 spiro atoms. The molecule has 0 aliphatic heterocycles. The molecule has 0 aliphatic carbocycles. The minimum absolute atomic E-state index is 0.0329. The topological polar surface area (TPSA) is 71.1 Å². The number of hydrogen-bond donors (Lipinski definition) is 2. The van der Waals surface area contributed by atoms with E-state index < -0.39 is 10.0 Å². The SMILES string of the molecule is CCS(=O)(=O)Nc1ccc(Nc2ccc(Br)c(C)c2)nc1. The van der Waals surface area contributed by atoms with Crippen LogP contribution in [0.1, 0.15) is 12.5 Å². The maximum Gasteiger partial charge on any atom is 0.232 e. The molecule has 2 rings (SSSR count). The van der Waals surface area contributed by atoms with Gasteiger partial charge >= 0.3 is 0 Å². The molecule has 21 heavy (non-hydrogen) atoms. The summed E-state index contributed by atoms with van der Waals surface area (Å²) in [5.41, 5.74) is 2.49. The van der Waals surface area contributed by atoms with Crippen molar-refractivity contribution in [2.24, 2.45) is 0 Å². The van der Waals surface area contributed by atoms with Gasteiger partial charge in [0.25, 0.3) is 0 Å². The molecular weight excluding hydrogens is 354 g/mol. The van der Waals surface area contributed by atoms with Crippen molar-refractivity contribution in [1.82, 2.24) is 4.98 Å². The number of aryl methyl sites for hydroxylation is 1. The van der Waals surface area contributed by atoms with Crippen LogP contribution in [0.15, 0.2) is 41.0 Å². The quantitative estimate of drug-likeness (QED) is 0.843. The smallest absolute Gasteiger partial charge is 0.232 e. The van der Waals surface area contributed by atoms with Crippen LogP contribution < -0.4 is 10.0 Å². The lowest BCUT2D eigenvalue weighted by Crippen LogP contribution is -2.14. The summed E-state index contributed by atoms with van der Waals surface area (Å²) in [6.07, 6.45) is 1.49. The van der Waals surface area contributed by atoms with Crippen molar-refractivity contribution in [3.05, 3.63) is 46.6 Å². The standard InChI is InChI=1S/C14H16BrN3O2S/c1-3-21(19,20)18-12-5-7-14(16-9-12)17-11-4-6-13(15)10(2)8-11/h4-9,18H,3H2,1-2H3,(H,16,17). The molecule has 5 nitrogen and oxygen atoms in total. The average Bonchev–Trinajstić information content (AvgIpc) is 2.45. The van der Waals surface area contributed by atoms with Gasteiger partial charge in [0.2, 0.25) is 10.0 Å². The van der Waals surface area contributed by atoms with Gasteiger partial charge in [-0.3, -0.25) is 4.72 Å². The van der Waals surface area contributed by atoms with Crippen LogP contribution in [0.25, 0.3) is 0 Å².